The molecule has 3 rings (SSSR count). The maximum atomic E-state index is 13.8. The van der Waals surface area contributed by atoms with Gasteiger partial charge in [0.05, 0.1) is 5.39 Å². The zero-order chi connectivity index (χ0) is 17.4. The molecule has 0 aliphatic carbocycles. The molecule has 1 aromatic carbocycles. The number of halogens is 2. The highest BCUT2D eigenvalue weighted by molar-refractivity contribution is 6.29. The Bertz CT molecular complexity index is 984. The summed E-state index contributed by atoms with van der Waals surface area (Å²) in [7, 11) is 0. The first-order valence-electron chi connectivity index (χ1n) is 7.39. The number of hydrogen-bond acceptors (Lipinski definition) is 4. The van der Waals surface area contributed by atoms with Crippen LogP contribution >= 0.6 is 11.6 Å². The Hall–Kier alpha value is -2.40. The first-order valence-corrected chi connectivity index (χ1v) is 7.77. The lowest BCUT2D eigenvalue weighted by atomic mass is 10.1. The van der Waals surface area contributed by atoms with Gasteiger partial charge in [-0.05, 0) is 45.0 Å². The third kappa shape index (κ3) is 2.99. The summed E-state index contributed by atoms with van der Waals surface area (Å²) >= 11 is 5.63. The molecule has 24 heavy (non-hydrogen) atoms. The van der Waals surface area contributed by atoms with Crippen LogP contribution in [0.1, 0.15) is 29.9 Å². The van der Waals surface area contributed by atoms with Crippen LogP contribution in [0.5, 0.6) is 5.75 Å². The van der Waals surface area contributed by atoms with Crippen LogP contribution in [0.15, 0.2) is 39.5 Å². The summed E-state index contributed by atoms with van der Waals surface area (Å²) in [5.41, 5.74) is 1.75. The van der Waals surface area contributed by atoms with Gasteiger partial charge in [-0.1, -0.05) is 23.2 Å². The van der Waals surface area contributed by atoms with Crippen molar-refractivity contribution in [2.24, 2.45) is 0 Å². The Morgan fingerprint density at radius 2 is 2.00 bits per heavy atom. The second-order valence-corrected chi connectivity index (χ2v) is 5.99. The van der Waals surface area contributed by atoms with Gasteiger partial charge < -0.3 is 9.15 Å². The molecule has 0 saturated carbocycles. The monoisotopic (exact) mass is 347 g/mol. The van der Waals surface area contributed by atoms with Gasteiger partial charge in [0.1, 0.15) is 10.7 Å². The summed E-state index contributed by atoms with van der Waals surface area (Å²) in [6.45, 7) is 5.25. The molecule has 0 fully saturated rings. The molecule has 0 bridgehead atoms. The molecule has 3 aromatic rings. The highest BCUT2D eigenvalue weighted by Crippen LogP contribution is 2.27. The second kappa shape index (κ2) is 6.24. The van der Waals surface area contributed by atoms with Crippen molar-refractivity contribution in [1.82, 2.24) is 4.98 Å². The summed E-state index contributed by atoms with van der Waals surface area (Å²) < 4.78 is 25.2. The van der Waals surface area contributed by atoms with E-state index < -0.39 is 12.1 Å². The first kappa shape index (κ1) is 16.5. The van der Waals surface area contributed by atoms with Gasteiger partial charge >= 0.3 is 0 Å². The quantitative estimate of drug-likeness (QED) is 0.642. The predicted octanol–water partition coefficient (Wildman–Crippen LogP) is 4.74. The van der Waals surface area contributed by atoms with Crippen molar-refractivity contribution in [3.05, 3.63) is 68.5 Å². The minimum Gasteiger partial charge on any atom is -0.478 e. The summed E-state index contributed by atoms with van der Waals surface area (Å²) in [6, 6.07) is 8.20. The molecular weight excluding hydrogens is 333 g/mol. The number of nitrogens with zero attached hydrogens (tertiary/aromatic N) is 1. The van der Waals surface area contributed by atoms with Crippen molar-refractivity contribution in [3.63, 3.8) is 0 Å². The van der Waals surface area contributed by atoms with Gasteiger partial charge in [-0.25, -0.2) is 4.98 Å². The Morgan fingerprint density at radius 1 is 1.25 bits per heavy atom. The van der Waals surface area contributed by atoms with E-state index in [1.165, 1.54) is 12.1 Å². The third-order valence-corrected chi connectivity index (χ3v) is 3.97. The minimum absolute atomic E-state index is 0.0382. The number of aryl methyl sites for hydroxylation is 1. The molecule has 0 aliphatic rings. The van der Waals surface area contributed by atoms with Crippen molar-refractivity contribution in [1.29, 1.82) is 0 Å². The van der Waals surface area contributed by atoms with E-state index in [-0.39, 0.29) is 16.3 Å². The average Bonchev–Trinajstić information content (AvgIpc) is 2.54. The molecular formula is C18H15ClFNO3. The predicted molar refractivity (Wildman–Crippen MR) is 90.2 cm³/mol. The van der Waals surface area contributed by atoms with E-state index in [1.807, 2.05) is 13.0 Å². The standard InChI is InChI=1S/C18H15ClFNO3/c1-9-4-5-13-12(8-9)16(22)10(2)17(24-13)11(3)23-14-6-7-15(19)21-18(14)20/h4-8,11H,1-3H3/t11-/m1/s1. The molecule has 4 nitrogen and oxygen atoms in total. The third-order valence-electron chi connectivity index (χ3n) is 3.76. The minimum atomic E-state index is -0.814. The van der Waals surface area contributed by atoms with Gasteiger partial charge in [-0.2, -0.15) is 4.39 Å². The molecule has 6 heteroatoms. The Balaban J connectivity index is 2.03. The molecule has 1 atom stereocenters. The van der Waals surface area contributed by atoms with Gasteiger partial charge in [-0.3, -0.25) is 4.79 Å². The summed E-state index contributed by atoms with van der Waals surface area (Å²) in [5.74, 6) is -0.519. The van der Waals surface area contributed by atoms with Crippen LogP contribution in [-0.4, -0.2) is 4.98 Å². The fraction of sp³-hybridized carbons (Fsp3) is 0.222. The molecule has 0 radical (unpaired) electrons. The van der Waals surface area contributed by atoms with Crippen LogP contribution < -0.4 is 10.2 Å². The zero-order valence-corrected chi connectivity index (χ0v) is 14.1. The number of pyridine rings is 1. The lowest BCUT2D eigenvalue weighted by molar-refractivity contribution is 0.185. The summed E-state index contributed by atoms with van der Waals surface area (Å²) in [5, 5.41) is 0.555. The second-order valence-electron chi connectivity index (χ2n) is 5.60. The number of rotatable bonds is 3. The average molecular weight is 348 g/mol. The molecule has 0 aliphatic heterocycles. The number of benzene rings is 1. The van der Waals surface area contributed by atoms with E-state index in [0.29, 0.717) is 22.3 Å². The maximum Gasteiger partial charge on any atom is 0.256 e. The van der Waals surface area contributed by atoms with Crippen LogP contribution in [0.3, 0.4) is 0 Å². The van der Waals surface area contributed by atoms with E-state index in [9.17, 15) is 9.18 Å². The molecule has 0 unspecified atom stereocenters. The van der Waals surface area contributed by atoms with Crippen molar-refractivity contribution >= 4 is 22.6 Å². The molecule has 124 valence electrons. The van der Waals surface area contributed by atoms with Gasteiger partial charge in [0.25, 0.3) is 5.95 Å². The van der Waals surface area contributed by atoms with E-state index in [1.54, 1.807) is 26.0 Å². The highest BCUT2D eigenvalue weighted by atomic mass is 35.5. The van der Waals surface area contributed by atoms with E-state index in [2.05, 4.69) is 4.98 Å². The highest BCUT2D eigenvalue weighted by Gasteiger charge is 2.20. The SMILES string of the molecule is Cc1ccc2oc([C@@H](C)Oc3ccc(Cl)nc3F)c(C)c(=O)c2c1. The largest absolute Gasteiger partial charge is 0.478 e. The Morgan fingerprint density at radius 3 is 2.71 bits per heavy atom. The summed E-state index contributed by atoms with van der Waals surface area (Å²) in [6.07, 6.45) is -0.666. The molecule has 0 saturated heterocycles. The van der Waals surface area contributed by atoms with Crippen LogP contribution in [0, 0.1) is 19.8 Å². The lowest BCUT2D eigenvalue weighted by Crippen LogP contribution is -2.14. The normalized spacial score (nSPS) is 12.4. The number of hydrogen-bond donors (Lipinski definition) is 0. The molecule has 0 amide bonds. The smallest absolute Gasteiger partial charge is 0.256 e. The van der Waals surface area contributed by atoms with Crippen LogP contribution in [-0.2, 0) is 0 Å². The van der Waals surface area contributed by atoms with Crippen molar-refractivity contribution in [3.8, 4) is 5.75 Å². The van der Waals surface area contributed by atoms with Crippen LogP contribution in [0.2, 0.25) is 5.15 Å². The number of ether oxygens (including phenoxy) is 1. The van der Waals surface area contributed by atoms with Crippen molar-refractivity contribution in [2.75, 3.05) is 0 Å². The van der Waals surface area contributed by atoms with Crippen LogP contribution in [0.4, 0.5) is 4.39 Å². The van der Waals surface area contributed by atoms with E-state index >= 15 is 0 Å². The van der Waals surface area contributed by atoms with E-state index in [4.69, 9.17) is 20.8 Å². The maximum absolute atomic E-state index is 13.8. The van der Waals surface area contributed by atoms with Gasteiger partial charge in [0, 0.05) is 5.56 Å². The molecule has 0 spiro atoms. The van der Waals surface area contributed by atoms with Crippen molar-refractivity contribution in [2.45, 2.75) is 26.9 Å². The summed E-state index contributed by atoms with van der Waals surface area (Å²) in [4.78, 5) is 16.1. The Labute approximate surface area is 142 Å². The topological polar surface area (TPSA) is 52.3 Å². The number of fused-ring (bicyclic) bond motifs is 1. The Kier molecular flexibility index (Phi) is 4.28. The van der Waals surface area contributed by atoms with Gasteiger partial charge in [0.15, 0.2) is 23.0 Å². The zero-order valence-electron chi connectivity index (χ0n) is 13.4. The van der Waals surface area contributed by atoms with Crippen LogP contribution in [0.25, 0.3) is 11.0 Å². The van der Waals surface area contributed by atoms with E-state index in [0.717, 1.165) is 5.56 Å². The van der Waals surface area contributed by atoms with Gasteiger partial charge in [0.2, 0.25) is 0 Å². The molecule has 2 heterocycles. The fourth-order valence-corrected chi connectivity index (χ4v) is 2.68. The lowest BCUT2D eigenvalue weighted by Gasteiger charge is -2.16. The molecule has 2 aromatic heterocycles. The fourth-order valence-electron chi connectivity index (χ4n) is 2.54. The number of aromatic nitrogens is 1. The first-order chi connectivity index (χ1) is 11.4. The van der Waals surface area contributed by atoms with Gasteiger partial charge in [-0.15, -0.1) is 0 Å². The van der Waals surface area contributed by atoms with Crippen molar-refractivity contribution < 1.29 is 13.5 Å². The molecule has 0 N–H and O–H groups in total.